The Labute approximate surface area is 125 Å². The molecule has 2 rings (SSSR count). The van der Waals surface area contributed by atoms with Crippen LogP contribution in [0.5, 0.6) is 0 Å². The van der Waals surface area contributed by atoms with Gasteiger partial charge in [0.25, 0.3) is 0 Å². The van der Waals surface area contributed by atoms with Crippen molar-refractivity contribution in [2.45, 2.75) is 11.4 Å². The van der Waals surface area contributed by atoms with Crippen LogP contribution in [0.15, 0.2) is 52.0 Å². The van der Waals surface area contributed by atoms with Gasteiger partial charge in [-0.1, -0.05) is 0 Å². The van der Waals surface area contributed by atoms with Gasteiger partial charge in [0.15, 0.2) is 0 Å². The van der Waals surface area contributed by atoms with Gasteiger partial charge in [0.2, 0.25) is 0 Å². The molecular formula is C14H11N3O3S. The average Bonchev–Trinajstić information content (AvgIpc) is 3.00. The van der Waals surface area contributed by atoms with E-state index in [1.807, 2.05) is 5.40 Å². The Balaban J connectivity index is 1.85. The average molecular weight is 301 g/mol. The molecule has 21 heavy (non-hydrogen) atoms. The highest BCUT2D eigenvalue weighted by atomic mass is 32.2. The first-order valence-corrected chi connectivity index (χ1v) is 6.78. The molecule has 7 heteroatoms. The van der Waals surface area contributed by atoms with E-state index in [0.29, 0.717) is 11.4 Å². The van der Waals surface area contributed by atoms with E-state index in [1.165, 1.54) is 6.26 Å². The summed E-state index contributed by atoms with van der Waals surface area (Å²) in [7, 11) is 0. The maximum Gasteiger partial charge on any atom is 0.313 e. The number of hydrogen-bond donors (Lipinski definition) is 2. The van der Waals surface area contributed by atoms with Crippen LogP contribution in [0.2, 0.25) is 0 Å². The summed E-state index contributed by atoms with van der Waals surface area (Å²) in [5.74, 6) is -0.946. The van der Waals surface area contributed by atoms with E-state index in [0.717, 1.165) is 16.7 Å². The predicted octanol–water partition coefficient (Wildman–Crippen LogP) is 2.11. The lowest BCUT2D eigenvalue weighted by Crippen LogP contribution is -2.34. The molecule has 1 heterocycles. The van der Waals surface area contributed by atoms with Crippen LogP contribution in [0.4, 0.5) is 5.69 Å². The molecule has 0 radical (unpaired) electrons. The van der Waals surface area contributed by atoms with Crippen molar-refractivity contribution in [3.63, 3.8) is 0 Å². The van der Waals surface area contributed by atoms with Crippen molar-refractivity contribution in [3.05, 3.63) is 48.4 Å². The van der Waals surface area contributed by atoms with Gasteiger partial charge >= 0.3 is 11.8 Å². The lowest BCUT2D eigenvalue weighted by molar-refractivity contribution is -0.136. The fourth-order valence-electron chi connectivity index (χ4n) is 1.51. The zero-order chi connectivity index (χ0) is 15.1. The first-order valence-electron chi connectivity index (χ1n) is 5.96. The lowest BCUT2D eigenvalue weighted by atomic mass is 10.3. The van der Waals surface area contributed by atoms with Gasteiger partial charge in [-0.05, 0) is 48.2 Å². The summed E-state index contributed by atoms with van der Waals surface area (Å²) in [4.78, 5) is 24.0. The monoisotopic (exact) mass is 301 g/mol. The number of thioether (sulfide) groups is 1. The van der Waals surface area contributed by atoms with Crippen molar-refractivity contribution in [1.82, 2.24) is 5.32 Å². The molecule has 106 valence electrons. The first-order chi connectivity index (χ1) is 10.2. The standard InChI is InChI=1S/C14H11N3O3S/c15-9-21-12-5-3-10(4-6-12)17-14(19)13(18)16-8-11-2-1-7-20-11/h1-7H,8H2,(H,16,18)(H,17,19). The molecule has 2 aromatic rings. The maximum atomic E-state index is 11.7. The number of carbonyl (C=O) groups excluding carboxylic acids is 2. The fourth-order valence-corrected chi connectivity index (χ4v) is 1.89. The Hall–Kier alpha value is -2.72. The molecule has 0 spiro atoms. The minimum absolute atomic E-state index is 0.150. The molecular weight excluding hydrogens is 290 g/mol. The highest BCUT2D eigenvalue weighted by Crippen LogP contribution is 2.18. The molecule has 0 unspecified atom stereocenters. The summed E-state index contributed by atoms with van der Waals surface area (Å²) >= 11 is 1.02. The van der Waals surface area contributed by atoms with E-state index in [-0.39, 0.29) is 6.54 Å². The van der Waals surface area contributed by atoms with Gasteiger partial charge in [-0.2, -0.15) is 5.26 Å². The number of carbonyl (C=O) groups is 2. The second-order valence-electron chi connectivity index (χ2n) is 3.93. The van der Waals surface area contributed by atoms with Crippen LogP contribution in [0, 0.1) is 10.7 Å². The second-order valence-corrected chi connectivity index (χ2v) is 4.79. The van der Waals surface area contributed by atoms with Crippen LogP contribution in [0.3, 0.4) is 0 Å². The number of amides is 2. The van der Waals surface area contributed by atoms with E-state index in [1.54, 1.807) is 36.4 Å². The number of nitrogens with zero attached hydrogens (tertiary/aromatic N) is 1. The highest BCUT2D eigenvalue weighted by molar-refractivity contribution is 8.03. The Kier molecular flexibility index (Phi) is 5.01. The van der Waals surface area contributed by atoms with Crippen molar-refractivity contribution in [1.29, 1.82) is 5.26 Å². The molecule has 6 nitrogen and oxygen atoms in total. The molecule has 1 aromatic heterocycles. The van der Waals surface area contributed by atoms with Gasteiger partial charge in [-0.3, -0.25) is 9.59 Å². The fraction of sp³-hybridized carbons (Fsp3) is 0.0714. The minimum Gasteiger partial charge on any atom is -0.467 e. The van der Waals surface area contributed by atoms with E-state index in [4.69, 9.17) is 9.68 Å². The van der Waals surface area contributed by atoms with Crippen LogP contribution in [0.25, 0.3) is 0 Å². The number of hydrogen-bond acceptors (Lipinski definition) is 5. The molecule has 0 aliphatic heterocycles. The highest BCUT2D eigenvalue weighted by Gasteiger charge is 2.13. The molecule has 0 saturated heterocycles. The number of benzene rings is 1. The number of anilines is 1. The number of rotatable bonds is 4. The Bertz CT molecular complexity index is 660. The number of furan rings is 1. The van der Waals surface area contributed by atoms with Gasteiger partial charge in [-0.25, -0.2) is 0 Å². The number of nitriles is 1. The van der Waals surface area contributed by atoms with E-state index in [9.17, 15) is 9.59 Å². The van der Waals surface area contributed by atoms with Crippen molar-refractivity contribution in [2.24, 2.45) is 0 Å². The minimum atomic E-state index is -0.762. The number of nitrogens with one attached hydrogen (secondary N) is 2. The van der Waals surface area contributed by atoms with Crippen molar-refractivity contribution in [3.8, 4) is 5.40 Å². The molecule has 0 bridgehead atoms. The number of thiocyanates is 1. The molecule has 2 N–H and O–H groups in total. The zero-order valence-electron chi connectivity index (χ0n) is 10.8. The van der Waals surface area contributed by atoms with Gasteiger partial charge < -0.3 is 15.1 Å². The summed E-state index contributed by atoms with van der Waals surface area (Å²) in [6, 6.07) is 10.0. The predicted molar refractivity (Wildman–Crippen MR) is 77.1 cm³/mol. The molecule has 0 fully saturated rings. The molecule has 1 aromatic carbocycles. The Morgan fingerprint density at radius 3 is 2.57 bits per heavy atom. The van der Waals surface area contributed by atoms with Crippen molar-refractivity contribution in [2.75, 3.05) is 5.32 Å². The van der Waals surface area contributed by atoms with Crippen molar-refractivity contribution >= 4 is 29.3 Å². The Morgan fingerprint density at radius 2 is 1.95 bits per heavy atom. The third-order valence-corrected chi connectivity index (χ3v) is 3.08. The lowest BCUT2D eigenvalue weighted by Gasteiger charge is -2.05. The van der Waals surface area contributed by atoms with E-state index in [2.05, 4.69) is 10.6 Å². The molecule has 0 aliphatic rings. The van der Waals surface area contributed by atoms with Crippen LogP contribution < -0.4 is 10.6 Å². The zero-order valence-corrected chi connectivity index (χ0v) is 11.6. The van der Waals surface area contributed by atoms with Crippen LogP contribution in [-0.2, 0) is 16.1 Å². The quantitative estimate of drug-likeness (QED) is 0.512. The Morgan fingerprint density at radius 1 is 1.19 bits per heavy atom. The third kappa shape index (κ3) is 4.40. The summed E-state index contributed by atoms with van der Waals surface area (Å²) in [6.45, 7) is 0.150. The van der Waals surface area contributed by atoms with Crippen LogP contribution >= 0.6 is 11.8 Å². The van der Waals surface area contributed by atoms with Crippen LogP contribution in [-0.4, -0.2) is 11.8 Å². The summed E-state index contributed by atoms with van der Waals surface area (Å²) in [5, 5.41) is 15.4. The molecule has 0 atom stereocenters. The van der Waals surface area contributed by atoms with Gasteiger partial charge in [0.1, 0.15) is 11.2 Å². The summed E-state index contributed by atoms with van der Waals surface area (Å²) in [5.41, 5.74) is 0.482. The third-order valence-electron chi connectivity index (χ3n) is 2.49. The first kappa shape index (κ1) is 14.7. The second kappa shape index (κ2) is 7.17. The largest absolute Gasteiger partial charge is 0.467 e. The molecule has 2 amide bonds. The van der Waals surface area contributed by atoms with E-state index >= 15 is 0 Å². The van der Waals surface area contributed by atoms with Crippen LogP contribution in [0.1, 0.15) is 5.76 Å². The normalized spacial score (nSPS) is 9.67. The summed E-state index contributed by atoms with van der Waals surface area (Å²) in [6.07, 6.45) is 1.49. The van der Waals surface area contributed by atoms with Gasteiger partial charge in [-0.15, -0.1) is 0 Å². The van der Waals surface area contributed by atoms with Gasteiger partial charge in [0.05, 0.1) is 12.8 Å². The maximum absolute atomic E-state index is 11.7. The summed E-state index contributed by atoms with van der Waals surface area (Å²) < 4.78 is 5.04. The SMILES string of the molecule is N#CSc1ccc(NC(=O)C(=O)NCc2ccco2)cc1. The van der Waals surface area contributed by atoms with Gasteiger partial charge in [0, 0.05) is 10.6 Å². The van der Waals surface area contributed by atoms with E-state index < -0.39 is 11.8 Å². The molecule has 0 aliphatic carbocycles. The van der Waals surface area contributed by atoms with Crippen molar-refractivity contribution < 1.29 is 14.0 Å². The molecule has 0 saturated carbocycles. The topological polar surface area (TPSA) is 95.1 Å². The smallest absolute Gasteiger partial charge is 0.313 e.